The molecule has 156 valence electrons. The van der Waals surface area contributed by atoms with Crippen LogP contribution in [-0.4, -0.2) is 21.2 Å². The first-order valence-corrected chi connectivity index (χ1v) is 11.2. The number of para-hydroxylation sites is 1. The lowest BCUT2D eigenvalue weighted by Gasteiger charge is -2.09. The van der Waals surface area contributed by atoms with Crippen LogP contribution < -0.4 is 16.2 Å². The fourth-order valence-electron chi connectivity index (χ4n) is 3.06. The summed E-state index contributed by atoms with van der Waals surface area (Å²) in [5, 5.41) is 5.61. The number of carbonyl (C=O) groups is 2. The molecule has 0 fully saturated rings. The molecule has 4 rings (SSSR count). The van der Waals surface area contributed by atoms with Crippen LogP contribution in [0.2, 0.25) is 0 Å². The molecule has 0 aliphatic carbocycles. The number of fused-ring (bicyclic) bond motifs is 1. The van der Waals surface area contributed by atoms with Crippen LogP contribution in [0, 0.1) is 17.4 Å². The fourth-order valence-corrected chi connectivity index (χ4v) is 4.49. The summed E-state index contributed by atoms with van der Waals surface area (Å²) in [6.45, 7) is 3.57. The van der Waals surface area contributed by atoms with Gasteiger partial charge in [-0.05, 0) is 72.3 Å². The van der Waals surface area contributed by atoms with Crippen LogP contribution in [-0.2, 0) is 0 Å². The molecule has 2 N–H and O–H groups in total. The van der Waals surface area contributed by atoms with Crippen molar-refractivity contribution in [1.29, 1.82) is 0 Å². The number of carbonyl (C=O) groups excluding carboxylic acids is 2. The largest absolute Gasteiger partial charge is 0.321 e. The predicted octanol–water partition coefficient (Wildman–Crippen LogP) is 4.48. The Labute approximate surface area is 195 Å². The van der Waals surface area contributed by atoms with Crippen LogP contribution in [0.4, 0.5) is 11.4 Å². The van der Waals surface area contributed by atoms with Gasteiger partial charge in [-0.2, -0.15) is 0 Å². The van der Waals surface area contributed by atoms with Gasteiger partial charge in [-0.1, -0.05) is 29.5 Å². The third kappa shape index (κ3) is 4.37. The maximum atomic E-state index is 13.2. The smallest absolute Gasteiger partial charge is 0.274 e. The minimum absolute atomic E-state index is 0.0397. The number of amides is 2. The van der Waals surface area contributed by atoms with Crippen molar-refractivity contribution >= 4 is 62.1 Å². The highest BCUT2D eigenvalue weighted by Crippen LogP contribution is 2.25. The summed E-state index contributed by atoms with van der Waals surface area (Å²) in [4.78, 5) is 43.7. The van der Waals surface area contributed by atoms with Crippen molar-refractivity contribution in [1.82, 2.24) is 9.38 Å². The average Bonchev–Trinajstić information content (AvgIpc) is 3.11. The highest BCUT2D eigenvalue weighted by molar-refractivity contribution is 14.1. The number of rotatable bonds is 4. The normalized spacial score (nSPS) is 10.8. The van der Waals surface area contributed by atoms with Crippen molar-refractivity contribution in [3.63, 3.8) is 0 Å². The van der Waals surface area contributed by atoms with E-state index < -0.39 is 17.4 Å². The highest BCUT2D eigenvalue weighted by atomic mass is 127. The first kappa shape index (κ1) is 21.2. The lowest BCUT2D eigenvalue weighted by Crippen LogP contribution is -2.25. The zero-order valence-electron chi connectivity index (χ0n) is 16.6. The standard InChI is InChI=1S/C22H17IN4O3S/c1-12-5-3-4-6-16(12)26-21(30)19-18(20(29)25-15-9-7-14(23)8-10-15)27-17(28)11-13(2)24-22(27)31-19/h3-11H,1-2H3,(H,25,29)(H,26,30). The van der Waals surface area contributed by atoms with Crippen LogP contribution in [0.3, 0.4) is 0 Å². The number of thiazole rings is 1. The summed E-state index contributed by atoms with van der Waals surface area (Å²) < 4.78 is 2.21. The van der Waals surface area contributed by atoms with Gasteiger partial charge in [0.1, 0.15) is 10.6 Å². The van der Waals surface area contributed by atoms with Gasteiger partial charge in [-0.25, -0.2) is 9.38 Å². The lowest BCUT2D eigenvalue weighted by atomic mass is 10.2. The summed E-state index contributed by atoms with van der Waals surface area (Å²) in [7, 11) is 0. The topological polar surface area (TPSA) is 92.6 Å². The second-order valence-electron chi connectivity index (χ2n) is 6.86. The van der Waals surface area contributed by atoms with E-state index in [1.165, 1.54) is 10.5 Å². The first-order chi connectivity index (χ1) is 14.8. The molecule has 0 bridgehead atoms. The van der Waals surface area contributed by atoms with Gasteiger partial charge in [0.25, 0.3) is 17.4 Å². The number of aromatic nitrogens is 2. The number of nitrogens with zero attached hydrogens (tertiary/aromatic N) is 2. The molecular formula is C22H17IN4O3S. The quantitative estimate of drug-likeness (QED) is 0.371. The molecule has 0 atom stereocenters. The van der Waals surface area contributed by atoms with Crippen LogP contribution in [0.5, 0.6) is 0 Å². The molecule has 2 aromatic heterocycles. The van der Waals surface area contributed by atoms with E-state index >= 15 is 0 Å². The van der Waals surface area contributed by atoms with Gasteiger partial charge in [0, 0.05) is 26.7 Å². The maximum Gasteiger partial charge on any atom is 0.274 e. The summed E-state index contributed by atoms with van der Waals surface area (Å²) in [6.07, 6.45) is 0. The van der Waals surface area contributed by atoms with Crippen molar-refractivity contribution in [3.05, 3.63) is 90.3 Å². The second-order valence-corrected chi connectivity index (χ2v) is 9.09. The zero-order chi connectivity index (χ0) is 22.1. The maximum absolute atomic E-state index is 13.2. The van der Waals surface area contributed by atoms with Gasteiger partial charge in [-0.3, -0.25) is 14.4 Å². The van der Waals surface area contributed by atoms with Gasteiger partial charge >= 0.3 is 0 Å². The van der Waals surface area contributed by atoms with Crippen molar-refractivity contribution in [3.8, 4) is 0 Å². The Morgan fingerprint density at radius 3 is 2.42 bits per heavy atom. The van der Waals surface area contributed by atoms with Crippen LogP contribution in [0.25, 0.3) is 4.96 Å². The van der Waals surface area contributed by atoms with E-state index in [0.717, 1.165) is 20.5 Å². The molecule has 9 heteroatoms. The Hall–Kier alpha value is -3.05. The zero-order valence-corrected chi connectivity index (χ0v) is 19.6. The molecule has 2 amide bonds. The van der Waals surface area contributed by atoms with Gasteiger partial charge in [0.05, 0.1) is 0 Å². The van der Waals surface area contributed by atoms with Crippen molar-refractivity contribution in [2.24, 2.45) is 0 Å². The highest BCUT2D eigenvalue weighted by Gasteiger charge is 2.26. The van der Waals surface area contributed by atoms with E-state index in [9.17, 15) is 14.4 Å². The first-order valence-electron chi connectivity index (χ1n) is 9.30. The molecule has 0 saturated carbocycles. The third-order valence-electron chi connectivity index (χ3n) is 4.56. The molecule has 0 radical (unpaired) electrons. The number of halogens is 1. The lowest BCUT2D eigenvalue weighted by molar-refractivity contribution is 0.0989. The van der Waals surface area contributed by atoms with E-state index in [0.29, 0.717) is 17.1 Å². The number of nitrogens with one attached hydrogen (secondary N) is 2. The van der Waals surface area contributed by atoms with E-state index in [2.05, 4.69) is 38.2 Å². The molecule has 4 aromatic rings. The third-order valence-corrected chi connectivity index (χ3v) is 6.32. The van der Waals surface area contributed by atoms with Crippen molar-refractivity contribution < 1.29 is 9.59 Å². The molecule has 0 saturated heterocycles. The molecule has 2 aromatic carbocycles. The van der Waals surface area contributed by atoms with Gasteiger partial charge in [-0.15, -0.1) is 0 Å². The van der Waals surface area contributed by atoms with Gasteiger partial charge < -0.3 is 10.6 Å². The van der Waals surface area contributed by atoms with Crippen LogP contribution in [0.15, 0.2) is 59.4 Å². The Kier molecular flexibility index (Phi) is 5.88. The van der Waals surface area contributed by atoms with Crippen molar-refractivity contribution in [2.45, 2.75) is 13.8 Å². The minimum atomic E-state index is -0.560. The minimum Gasteiger partial charge on any atom is -0.321 e. The van der Waals surface area contributed by atoms with Gasteiger partial charge in [0.2, 0.25) is 0 Å². The van der Waals surface area contributed by atoms with Gasteiger partial charge in [0.15, 0.2) is 4.96 Å². The molecule has 0 spiro atoms. The molecule has 2 heterocycles. The fraction of sp³-hybridized carbons (Fsp3) is 0.0909. The Morgan fingerprint density at radius 1 is 1.00 bits per heavy atom. The van der Waals surface area contributed by atoms with Crippen molar-refractivity contribution in [2.75, 3.05) is 10.6 Å². The SMILES string of the molecule is Cc1cc(=O)n2c(C(=O)Nc3ccc(I)cc3)c(C(=O)Nc3ccccc3C)sc2n1. The summed E-state index contributed by atoms with van der Waals surface area (Å²) in [5.41, 5.74) is 2.13. The molecule has 0 aliphatic rings. The van der Waals surface area contributed by atoms with Crippen LogP contribution >= 0.6 is 33.9 Å². The Bertz CT molecular complexity index is 1380. The number of benzene rings is 2. The van der Waals surface area contributed by atoms with Crippen LogP contribution in [0.1, 0.15) is 31.4 Å². The predicted molar refractivity (Wildman–Crippen MR) is 130 cm³/mol. The number of hydrogen-bond acceptors (Lipinski definition) is 5. The molecular weight excluding hydrogens is 527 g/mol. The second kappa shape index (κ2) is 8.60. The average molecular weight is 544 g/mol. The monoisotopic (exact) mass is 544 g/mol. The number of hydrogen-bond donors (Lipinski definition) is 2. The molecule has 0 unspecified atom stereocenters. The molecule has 0 aliphatic heterocycles. The van der Waals surface area contributed by atoms with E-state index in [-0.39, 0.29) is 15.5 Å². The van der Waals surface area contributed by atoms with E-state index in [1.54, 1.807) is 25.1 Å². The van der Waals surface area contributed by atoms with E-state index in [1.807, 2.05) is 37.3 Å². The summed E-state index contributed by atoms with van der Waals surface area (Å²) in [6, 6.07) is 15.9. The van der Waals surface area contributed by atoms with E-state index in [4.69, 9.17) is 0 Å². The summed E-state index contributed by atoms with van der Waals surface area (Å²) in [5.74, 6) is -1.04. The Morgan fingerprint density at radius 2 is 1.71 bits per heavy atom. The Balaban J connectivity index is 1.80. The molecule has 31 heavy (non-hydrogen) atoms. The number of anilines is 2. The number of aryl methyl sites for hydroxylation is 2. The molecule has 7 nitrogen and oxygen atoms in total. The summed E-state index contributed by atoms with van der Waals surface area (Å²) >= 11 is 3.17.